The quantitative estimate of drug-likeness (QED) is 0.0261. The Hall–Kier alpha value is -3.67. The highest BCUT2D eigenvalue weighted by Gasteiger charge is 2.19. The Kier molecular flexibility index (Phi) is 57.8. The van der Waals surface area contributed by atoms with Crippen LogP contribution < -0.4 is 0 Å². The summed E-state index contributed by atoms with van der Waals surface area (Å²) in [6, 6.07) is 0. The van der Waals surface area contributed by atoms with E-state index in [1.165, 1.54) is 135 Å². The van der Waals surface area contributed by atoms with Crippen LogP contribution in [0.3, 0.4) is 0 Å². The monoisotopic (exact) mass is 1010 g/mol. The molecule has 0 amide bonds. The zero-order valence-electron chi connectivity index (χ0n) is 47.9. The minimum Gasteiger partial charge on any atom is -0.462 e. The average molecular weight is 1020 g/mol. The summed E-state index contributed by atoms with van der Waals surface area (Å²) in [5.41, 5.74) is 0. The molecule has 1 unspecified atom stereocenters. The third kappa shape index (κ3) is 59.1. The molecular weight excluding hydrogens is 901 g/mol. The molecule has 0 aromatic carbocycles. The van der Waals surface area contributed by atoms with Crippen LogP contribution in [-0.2, 0) is 28.6 Å². The maximum absolute atomic E-state index is 12.9. The van der Waals surface area contributed by atoms with Gasteiger partial charge in [-0.2, -0.15) is 0 Å². The number of carbonyl (C=O) groups excluding carboxylic acids is 3. The van der Waals surface area contributed by atoms with Crippen molar-refractivity contribution >= 4 is 17.9 Å². The van der Waals surface area contributed by atoms with Crippen molar-refractivity contribution in [2.75, 3.05) is 13.2 Å². The predicted molar refractivity (Wildman–Crippen MR) is 316 cm³/mol. The van der Waals surface area contributed by atoms with Gasteiger partial charge in [0, 0.05) is 19.3 Å². The zero-order chi connectivity index (χ0) is 52.9. The predicted octanol–water partition coefficient (Wildman–Crippen LogP) is 20.9. The first-order valence-corrected chi connectivity index (χ1v) is 30.7. The molecule has 0 aliphatic rings. The smallest absolute Gasteiger partial charge is 0.306 e. The molecule has 0 heterocycles. The van der Waals surface area contributed by atoms with Crippen LogP contribution in [0.4, 0.5) is 0 Å². The van der Waals surface area contributed by atoms with Gasteiger partial charge in [-0.25, -0.2) is 0 Å². The molecule has 6 nitrogen and oxygen atoms in total. The number of hydrogen-bond donors (Lipinski definition) is 0. The van der Waals surface area contributed by atoms with Crippen molar-refractivity contribution in [3.05, 3.63) is 97.2 Å². The van der Waals surface area contributed by atoms with Crippen LogP contribution in [0.25, 0.3) is 0 Å². The van der Waals surface area contributed by atoms with Gasteiger partial charge in [-0.1, -0.05) is 253 Å². The van der Waals surface area contributed by atoms with E-state index >= 15 is 0 Å². The van der Waals surface area contributed by atoms with Crippen LogP contribution in [0.1, 0.15) is 290 Å². The lowest BCUT2D eigenvalue weighted by Crippen LogP contribution is -2.30. The molecule has 73 heavy (non-hydrogen) atoms. The lowest BCUT2D eigenvalue weighted by atomic mass is 10.1. The van der Waals surface area contributed by atoms with Crippen LogP contribution >= 0.6 is 0 Å². The summed E-state index contributed by atoms with van der Waals surface area (Å²) in [6.45, 7) is 6.41. The van der Waals surface area contributed by atoms with Crippen molar-refractivity contribution in [3.63, 3.8) is 0 Å². The molecule has 0 aromatic heterocycles. The molecule has 0 radical (unpaired) electrons. The number of esters is 3. The zero-order valence-corrected chi connectivity index (χ0v) is 47.9. The van der Waals surface area contributed by atoms with Crippen molar-refractivity contribution in [3.8, 4) is 0 Å². The van der Waals surface area contributed by atoms with E-state index in [4.69, 9.17) is 14.2 Å². The fourth-order valence-electron chi connectivity index (χ4n) is 8.50. The summed E-state index contributed by atoms with van der Waals surface area (Å²) in [7, 11) is 0. The first-order chi connectivity index (χ1) is 36.0. The third-order valence-corrected chi connectivity index (χ3v) is 13.1. The maximum atomic E-state index is 12.9. The van der Waals surface area contributed by atoms with Gasteiger partial charge in [-0.15, -0.1) is 0 Å². The van der Waals surface area contributed by atoms with Gasteiger partial charge in [0.1, 0.15) is 13.2 Å². The fourth-order valence-corrected chi connectivity index (χ4v) is 8.50. The van der Waals surface area contributed by atoms with Crippen LogP contribution in [-0.4, -0.2) is 37.2 Å². The largest absolute Gasteiger partial charge is 0.462 e. The van der Waals surface area contributed by atoms with Gasteiger partial charge in [0.25, 0.3) is 0 Å². The van der Waals surface area contributed by atoms with Crippen LogP contribution in [0.5, 0.6) is 0 Å². The molecule has 0 N–H and O–H groups in total. The summed E-state index contributed by atoms with van der Waals surface area (Å²) >= 11 is 0. The molecule has 0 aliphatic carbocycles. The molecule has 1 atom stereocenters. The van der Waals surface area contributed by atoms with Crippen LogP contribution in [0.2, 0.25) is 0 Å². The van der Waals surface area contributed by atoms with E-state index in [0.29, 0.717) is 19.3 Å². The fraction of sp³-hybridized carbons (Fsp3) is 0.716. The van der Waals surface area contributed by atoms with E-state index in [-0.39, 0.29) is 31.1 Å². The summed E-state index contributed by atoms with van der Waals surface area (Å²) in [6.07, 6.45) is 81.1. The Morgan fingerprint density at radius 2 is 0.534 bits per heavy atom. The first-order valence-electron chi connectivity index (χ1n) is 30.7. The number of allylic oxidation sites excluding steroid dienone is 16. The molecule has 0 bridgehead atoms. The maximum Gasteiger partial charge on any atom is 0.306 e. The van der Waals surface area contributed by atoms with E-state index < -0.39 is 6.10 Å². The number of unbranched alkanes of at least 4 members (excludes halogenated alkanes) is 28. The highest BCUT2D eigenvalue weighted by Crippen LogP contribution is 2.15. The summed E-state index contributed by atoms with van der Waals surface area (Å²) in [4.78, 5) is 38.3. The Labute approximate surface area is 451 Å². The van der Waals surface area contributed by atoms with Gasteiger partial charge in [0.2, 0.25) is 0 Å². The van der Waals surface area contributed by atoms with E-state index in [2.05, 4.69) is 118 Å². The molecule has 0 fully saturated rings. The molecule has 0 saturated carbocycles. The summed E-state index contributed by atoms with van der Waals surface area (Å²) in [5.74, 6) is -0.901. The average Bonchev–Trinajstić information content (AvgIpc) is 3.39. The van der Waals surface area contributed by atoms with E-state index in [9.17, 15) is 14.4 Å². The number of hydrogen-bond acceptors (Lipinski definition) is 6. The molecule has 6 heteroatoms. The topological polar surface area (TPSA) is 78.9 Å². The summed E-state index contributed by atoms with van der Waals surface area (Å²) < 4.78 is 16.9. The molecule has 418 valence electrons. The molecule has 0 rings (SSSR count). The number of rotatable bonds is 55. The Balaban J connectivity index is 4.38. The third-order valence-electron chi connectivity index (χ3n) is 13.1. The number of carbonyl (C=O) groups is 3. The van der Waals surface area contributed by atoms with Gasteiger partial charge >= 0.3 is 17.9 Å². The Morgan fingerprint density at radius 3 is 0.849 bits per heavy atom. The second-order valence-corrected chi connectivity index (χ2v) is 20.2. The molecular formula is C67H114O6. The van der Waals surface area contributed by atoms with Gasteiger partial charge in [0.15, 0.2) is 6.10 Å². The summed E-state index contributed by atoms with van der Waals surface area (Å²) in [5, 5.41) is 0. The van der Waals surface area contributed by atoms with E-state index in [0.717, 1.165) is 116 Å². The van der Waals surface area contributed by atoms with Gasteiger partial charge in [-0.05, 0) is 116 Å². The molecule has 0 aliphatic heterocycles. The lowest BCUT2D eigenvalue weighted by molar-refractivity contribution is -0.167. The van der Waals surface area contributed by atoms with Gasteiger partial charge < -0.3 is 14.2 Å². The second-order valence-electron chi connectivity index (χ2n) is 20.2. The standard InChI is InChI=1S/C67H114O6/c1-4-7-10-13-16-19-22-25-28-30-31-32-33-34-35-37-39-42-45-48-51-54-57-60-66(69)72-63-64(62-71-65(68)59-56-53-50-47-44-41-38-27-24-21-18-15-12-9-6-3)73-67(70)61-58-55-52-49-46-43-40-36-29-26-23-20-17-14-11-8-5-2/h7-8,10-11,16-17,19-20,25-29,31-32,38,64H,4-6,9,12-15,18,21-24,30,33-37,39-63H2,1-3H3/b10-7-,11-8-,19-16-,20-17-,28-25-,29-26-,32-31-,38-27-. The van der Waals surface area contributed by atoms with Crippen molar-refractivity contribution in [2.45, 2.75) is 297 Å². The highest BCUT2D eigenvalue weighted by molar-refractivity contribution is 5.71. The van der Waals surface area contributed by atoms with Crippen LogP contribution in [0, 0.1) is 0 Å². The SMILES string of the molecule is CC/C=C\C/C=C\C/C=C\C/C=C\CCCCCCCCCCCCC(=O)OCC(COC(=O)CCCCCCC/C=C\CCCCCCCC)OC(=O)CCCCCCCCC/C=C\C/C=C\C/C=C\CC. The minimum atomic E-state index is -0.790. The van der Waals surface area contributed by atoms with E-state index in [1.807, 2.05) is 0 Å². The molecule has 0 aromatic rings. The van der Waals surface area contributed by atoms with Gasteiger partial charge in [-0.3, -0.25) is 14.4 Å². The van der Waals surface area contributed by atoms with Crippen LogP contribution in [0.15, 0.2) is 97.2 Å². The molecule has 0 saturated heterocycles. The van der Waals surface area contributed by atoms with Crippen molar-refractivity contribution in [2.24, 2.45) is 0 Å². The number of ether oxygens (including phenoxy) is 3. The molecule has 0 spiro atoms. The minimum absolute atomic E-state index is 0.0861. The first kappa shape index (κ1) is 69.3. The normalized spacial score (nSPS) is 12.8. The second kappa shape index (κ2) is 60.9. The van der Waals surface area contributed by atoms with Crippen molar-refractivity contribution < 1.29 is 28.6 Å². The highest BCUT2D eigenvalue weighted by atomic mass is 16.6. The van der Waals surface area contributed by atoms with Crippen molar-refractivity contribution in [1.82, 2.24) is 0 Å². The Bertz CT molecular complexity index is 1440. The lowest BCUT2D eigenvalue weighted by Gasteiger charge is -2.18. The van der Waals surface area contributed by atoms with Gasteiger partial charge in [0.05, 0.1) is 0 Å². The van der Waals surface area contributed by atoms with Crippen molar-refractivity contribution in [1.29, 1.82) is 0 Å². The van der Waals surface area contributed by atoms with E-state index in [1.54, 1.807) is 0 Å². The Morgan fingerprint density at radius 1 is 0.288 bits per heavy atom.